The third-order valence-electron chi connectivity index (χ3n) is 1.54. The summed E-state index contributed by atoms with van der Waals surface area (Å²) in [7, 11) is 0. The molecule has 0 aromatic heterocycles. The molecule has 72 valence electrons. The van der Waals surface area contributed by atoms with Crippen molar-refractivity contribution in [2.75, 3.05) is 0 Å². The maximum absolute atomic E-state index is 12.5. The summed E-state index contributed by atoms with van der Waals surface area (Å²) in [5, 5.41) is 0. The molecule has 1 nitrogen and oxygen atoms in total. The van der Waals surface area contributed by atoms with E-state index in [2.05, 4.69) is 0 Å². The molecule has 0 aliphatic rings. The lowest BCUT2D eigenvalue weighted by Gasteiger charge is -2.10. The van der Waals surface area contributed by atoms with Crippen LogP contribution in [0.15, 0.2) is 18.2 Å². The van der Waals surface area contributed by atoms with Crippen molar-refractivity contribution in [1.82, 2.24) is 0 Å². The molecule has 1 atom stereocenters. The van der Waals surface area contributed by atoms with E-state index in [1.54, 1.807) is 0 Å². The molecule has 1 unspecified atom stereocenters. The number of benzene rings is 1. The van der Waals surface area contributed by atoms with E-state index in [-0.39, 0.29) is 5.56 Å². The highest BCUT2D eigenvalue weighted by Gasteiger charge is 2.18. The highest BCUT2D eigenvalue weighted by atomic mass is 19.3. The molecule has 0 saturated heterocycles. The normalized spacial score (nSPS) is 13.4. The summed E-state index contributed by atoms with van der Waals surface area (Å²) < 4.78 is 49.0. The molecule has 0 saturated carbocycles. The molecule has 13 heavy (non-hydrogen) atoms. The van der Waals surface area contributed by atoms with Gasteiger partial charge in [0.05, 0.1) is 6.04 Å². The Morgan fingerprint density at radius 3 is 1.85 bits per heavy atom. The van der Waals surface area contributed by atoms with E-state index in [1.165, 1.54) is 0 Å². The number of hydrogen-bond donors (Lipinski definition) is 1. The van der Waals surface area contributed by atoms with Crippen LogP contribution in [0.25, 0.3) is 0 Å². The highest BCUT2D eigenvalue weighted by molar-refractivity contribution is 5.21. The fourth-order valence-corrected chi connectivity index (χ4v) is 0.913. The molecule has 0 aliphatic heterocycles. The lowest BCUT2D eigenvalue weighted by atomic mass is 10.1. The first-order chi connectivity index (χ1) is 6.00. The van der Waals surface area contributed by atoms with Crippen LogP contribution < -0.4 is 5.73 Å². The van der Waals surface area contributed by atoms with Gasteiger partial charge >= 0.3 is 0 Å². The van der Waals surface area contributed by atoms with Gasteiger partial charge in [-0.25, -0.2) is 17.6 Å². The van der Waals surface area contributed by atoms with Gasteiger partial charge in [0, 0.05) is 6.07 Å². The molecule has 0 spiro atoms. The Morgan fingerprint density at radius 1 is 1.00 bits per heavy atom. The predicted molar refractivity (Wildman–Crippen MR) is 39.3 cm³/mol. The molecule has 0 heterocycles. The molecular formula is C8H7F4N. The second-order valence-electron chi connectivity index (χ2n) is 2.56. The average molecular weight is 193 g/mol. The van der Waals surface area contributed by atoms with E-state index in [4.69, 9.17) is 5.73 Å². The van der Waals surface area contributed by atoms with E-state index in [9.17, 15) is 17.6 Å². The summed E-state index contributed by atoms with van der Waals surface area (Å²) >= 11 is 0. The topological polar surface area (TPSA) is 26.0 Å². The molecule has 1 aromatic rings. The number of nitrogens with two attached hydrogens (primary N) is 1. The van der Waals surface area contributed by atoms with Crippen molar-refractivity contribution in [3.05, 3.63) is 35.4 Å². The Balaban J connectivity index is 3.01. The quantitative estimate of drug-likeness (QED) is 0.716. The number of halogens is 4. The van der Waals surface area contributed by atoms with Gasteiger partial charge < -0.3 is 5.73 Å². The van der Waals surface area contributed by atoms with E-state index in [0.717, 1.165) is 12.1 Å². The summed E-state index contributed by atoms with van der Waals surface area (Å²) in [5.41, 5.74) is 4.75. The summed E-state index contributed by atoms with van der Waals surface area (Å²) in [5.74, 6) is -1.82. The number of rotatable bonds is 2. The van der Waals surface area contributed by atoms with E-state index < -0.39 is 24.1 Å². The zero-order valence-corrected chi connectivity index (χ0v) is 6.48. The van der Waals surface area contributed by atoms with Crippen LogP contribution in [-0.4, -0.2) is 6.43 Å². The van der Waals surface area contributed by atoms with Gasteiger partial charge in [-0.05, 0) is 17.7 Å². The van der Waals surface area contributed by atoms with Gasteiger partial charge in [0.1, 0.15) is 11.6 Å². The number of alkyl halides is 2. The summed E-state index contributed by atoms with van der Waals surface area (Å²) in [6, 6.07) is 0.534. The molecule has 1 aromatic carbocycles. The lowest BCUT2D eigenvalue weighted by Crippen LogP contribution is -2.19. The van der Waals surface area contributed by atoms with E-state index >= 15 is 0 Å². The van der Waals surface area contributed by atoms with Crippen molar-refractivity contribution < 1.29 is 17.6 Å². The van der Waals surface area contributed by atoms with Crippen LogP contribution in [0.2, 0.25) is 0 Å². The first-order valence-corrected chi connectivity index (χ1v) is 3.50. The predicted octanol–water partition coefficient (Wildman–Crippen LogP) is 2.23. The van der Waals surface area contributed by atoms with Crippen molar-refractivity contribution in [3.63, 3.8) is 0 Å². The maximum atomic E-state index is 12.5. The Labute approximate surface area is 72.2 Å². The molecule has 1 rings (SSSR count). The van der Waals surface area contributed by atoms with Crippen LogP contribution in [0, 0.1) is 11.6 Å². The Kier molecular flexibility index (Phi) is 2.87. The van der Waals surface area contributed by atoms with Gasteiger partial charge in [-0.3, -0.25) is 0 Å². The SMILES string of the molecule is NC(c1cc(F)cc(F)c1)C(F)F. The van der Waals surface area contributed by atoms with Crippen LogP contribution in [0.5, 0.6) is 0 Å². The minimum atomic E-state index is -2.83. The third-order valence-corrected chi connectivity index (χ3v) is 1.54. The molecule has 0 radical (unpaired) electrons. The van der Waals surface area contributed by atoms with Crippen molar-refractivity contribution in [2.45, 2.75) is 12.5 Å². The van der Waals surface area contributed by atoms with Gasteiger partial charge in [0.15, 0.2) is 0 Å². The summed E-state index contributed by atoms with van der Waals surface area (Å²) in [4.78, 5) is 0. The minimum Gasteiger partial charge on any atom is -0.319 e. The largest absolute Gasteiger partial charge is 0.319 e. The Hall–Kier alpha value is -1.10. The molecule has 5 heteroatoms. The third kappa shape index (κ3) is 2.42. The molecule has 2 N–H and O–H groups in total. The van der Waals surface area contributed by atoms with Crippen LogP contribution in [0.1, 0.15) is 11.6 Å². The maximum Gasteiger partial charge on any atom is 0.257 e. The second-order valence-corrected chi connectivity index (χ2v) is 2.56. The van der Waals surface area contributed by atoms with Gasteiger partial charge in [-0.15, -0.1) is 0 Å². The first kappa shape index (κ1) is 9.98. The zero-order valence-electron chi connectivity index (χ0n) is 6.48. The second kappa shape index (κ2) is 3.74. The van der Waals surface area contributed by atoms with Gasteiger partial charge in [0.2, 0.25) is 0 Å². The standard InChI is InChI=1S/C8H7F4N/c9-5-1-4(2-6(10)3-5)7(13)8(11)12/h1-3,7-8H,13H2. The van der Waals surface area contributed by atoms with E-state index in [1.807, 2.05) is 0 Å². The fourth-order valence-electron chi connectivity index (χ4n) is 0.913. The average Bonchev–Trinajstić information content (AvgIpc) is 2.01. The van der Waals surface area contributed by atoms with Crippen molar-refractivity contribution in [1.29, 1.82) is 0 Å². The monoisotopic (exact) mass is 193 g/mol. The van der Waals surface area contributed by atoms with Crippen LogP contribution in [-0.2, 0) is 0 Å². The smallest absolute Gasteiger partial charge is 0.257 e. The minimum absolute atomic E-state index is 0.243. The highest BCUT2D eigenvalue weighted by Crippen LogP contribution is 2.19. The van der Waals surface area contributed by atoms with Crippen molar-refractivity contribution in [2.24, 2.45) is 5.73 Å². The van der Waals surface area contributed by atoms with Crippen LogP contribution in [0.3, 0.4) is 0 Å². The fraction of sp³-hybridized carbons (Fsp3) is 0.250. The van der Waals surface area contributed by atoms with Crippen LogP contribution in [0.4, 0.5) is 17.6 Å². The van der Waals surface area contributed by atoms with E-state index in [0.29, 0.717) is 6.07 Å². The number of hydrogen-bond acceptors (Lipinski definition) is 1. The van der Waals surface area contributed by atoms with Crippen molar-refractivity contribution >= 4 is 0 Å². The summed E-state index contributed by atoms with van der Waals surface area (Å²) in [6.07, 6.45) is -2.83. The molecule has 0 aliphatic carbocycles. The van der Waals surface area contributed by atoms with Gasteiger partial charge in [-0.2, -0.15) is 0 Å². The molecular weight excluding hydrogens is 186 g/mol. The molecule has 0 amide bonds. The Morgan fingerprint density at radius 2 is 1.46 bits per heavy atom. The first-order valence-electron chi connectivity index (χ1n) is 3.50. The molecule has 0 fully saturated rings. The lowest BCUT2D eigenvalue weighted by molar-refractivity contribution is 0.116. The van der Waals surface area contributed by atoms with Crippen molar-refractivity contribution in [3.8, 4) is 0 Å². The van der Waals surface area contributed by atoms with Crippen LogP contribution >= 0.6 is 0 Å². The Bertz CT molecular complexity index is 280. The van der Waals surface area contributed by atoms with Gasteiger partial charge in [0.25, 0.3) is 6.43 Å². The summed E-state index contributed by atoms with van der Waals surface area (Å²) in [6.45, 7) is 0. The van der Waals surface area contributed by atoms with Gasteiger partial charge in [-0.1, -0.05) is 0 Å². The zero-order chi connectivity index (χ0) is 10.0. The molecule has 0 bridgehead atoms.